The molecule has 0 bridgehead atoms. The third kappa shape index (κ3) is 3.68. The van der Waals surface area contributed by atoms with Crippen LogP contribution in [0.5, 0.6) is 0 Å². The third-order valence-electron chi connectivity index (χ3n) is 2.65. The number of benzene rings is 2. The SMILES string of the molecule is O=C(Cl)c1ccc(S(=O)(=O)NC(=O)c2ccccc2)cc1. The number of sulfonamides is 1. The minimum Gasteiger partial charge on any atom is -0.276 e. The van der Waals surface area contributed by atoms with Gasteiger partial charge in [0.15, 0.2) is 0 Å². The van der Waals surface area contributed by atoms with Crippen molar-refractivity contribution in [1.29, 1.82) is 0 Å². The Labute approximate surface area is 126 Å². The van der Waals surface area contributed by atoms with E-state index in [2.05, 4.69) is 0 Å². The van der Waals surface area contributed by atoms with Crippen LogP contribution in [0.2, 0.25) is 0 Å². The van der Waals surface area contributed by atoms with Gasteiger partial charge in [0, 0.05) is 11.1 Å². The van der Waals surface area contributed by atoms with Crippen molar-refractivity contribution >= 4 is 32.8 Å². The van der Waals surface area contributed by atoms with Crippen molar-refractivity contribution in [2.45, 2.75) is 4.90 Å². The first-order chi connectivity index (χ1) is 9.90. The van der Waals surface area contributed by atoms with Crippen LogP contribution in [0, 0.1) is 0 Å². The fraction of sp³-hybridized carbons (Fsp3) is 0. The fourth-order valence-electron chi connectivity index (χ4n) is 1.59. The zero-order chi connectivity index (χ0) is 15.5. The number of rotatable bonds is 4. The van der Waals surface area contributed by atoms with Gasteiger partial charge in [-0.1, -0.05) is 18.2 Å². The molecule has 0 heterocycles. The molecule has 2 aromatic carbocycles. The largest absolute Gasteiger partial charge is 0.276 e. The number of nitrogens with one attached hydrogen (secondary N) is 1. The maximum Gasteiger partial charge on any atom is 0.264 e. The van der Waals surface area contributed by atoms with Gasteiger partial charge >= 0.3 is 0 Å². The Kier molecular flexibility index (Phi) is 4.40. The predicted octanol–water partition coefficient (Wildman–Crippen LogP) is 2.18. The van der Waals surface area contributed by atoms with E-state index in [4.69, 9.17) is 11.6 Å². The monoisotopic (exact) mass is 323 g/mol. The Balaban J connectivity index is 2.22. The van der Waals surface area contributed by atoms with Gasteiger partial charge in [-0.2, -0.15) is 0 Å². The van der Waals surface area contributed by atoms with Crippen LogP contribution in [0.15, 0.2) is 59.5 Å². The molecule has 0 radical (unpaired) electrons. The molecular formula is C14H10ClNO4S. The summed E-state index contributed by atoms with van der Waals surface area (Å²) in [5.74, 6) is -0.729. The van der Waals surface area contributed by atoms with Gasteiger partial charge in [-0.05, 0) is 48.0 Å². The standard InChI is InChI=1S/C14H10ClNO4S/c15-13(17)10-6-8-12(9-7-10)21(19,20)16-14(18)11-4-2-1-3-5-11/h1-9H,(H,16,18). The summed E-state index contributed by atoms with van der Waals surface area (Å²) in [5.41, 5.74) is 0.402. The summed E-state index contributed by atoms with van der Waals surface area (Å²) in [6.45, 7) is 0. The lowest BCUT2D eigenvalue weighted by atomic mass is 10.2. The zero-order valence-corrected chi connectivity index (χ0v) is 12.2. The molecule has 1 N–H and O–H groups in total. The van der Waals surface area contributed by atoms with E-state index in [9.17, 15) is 18.0 Å². The summed E-state index contributed by atoms with van der Waals surface area (Å²) in [4.78, 5) is 22.6. The van der Waals surface area contributed by atoms with Crippen LogP contribution in [-0.4, -0.2) is 19.6 Å². The van der Waals surface area contributed by atoms with Crippen LogP contribution in [0.3, 0.4) is 0 Å². The van der Waals surface area contributed by atoms with Gasteiger partial charge in [0.25, 0.3) is 21.2 Å². The normalized spacial score (nSPS) is 10.9. The average Bonchev–Trinajstić information content (AvgIpc) is 2.48. The van der Waals surface area contributed by atoms with Crippen LogP contribution in [-0.2, 0) is 10.0 Å². The van der Waals surface area contributed by atoms with E-state index in [1.54, 1.807) is 18.2 Å². The van der Waals surface area contributed by atoms with E-state index >= 15 is 0 Å². The van der Waals surface area contributed by atoms with Crippen molar-refractivity contribution in [3.8, 4) is 0 Å². The quantitative estimate of drug-likeness (QED) is 0.875. The van der Waals surface area contributed by atoms with Gasteiger partial charge in [0.2, 0.25) is 0 Å². The highest BCUT2D eigenvalue weighted by Crippen LogP contribution is 2.12. The van der Waals surface area contributed by atoms with Crippen molar-refractivity contribution < 1.29 is 18.0 Å². The summed E-state index contributed by atoms with van der Waals surface area (Å²) in [6, 6.07) is 12.9. The molecule has 0 aliphatic carbocycles. The lowest BCUT2D eigenvalue weighted by molar-refractivity contribution is 0.0980. The topological polar surface area (TPSA) is 80.3 Å². The number of hydrogen-bond donors (Lipinski definition) is 1. The molecule has 0 aromatic heterocycles. The number of amides is 1. The molecule has 2 aromatic rings. The lowest BCUT2D eigenvalue weighted by Gasteiger charge is -2.07. The molecule has 5 nitrogen and oxygen atoms in total. The Morgan fingerprint density at radius 1 is 0.857 bits per heavy atom. The van der Waals surface area contributed by atoms with E-state index in [-0.39, 0.29) is 16.0 Å². The molecule has 2 rings (SSSR count). The highest BCUT2D eigenvalue weighted by molar-refractivity contribution is 7.90. The van der Waals surface area contributed by atoms with E-state index in [0.717, 1.165) is 0 Å². The molecule has 7 heteroatoms. The molecule has 0 saturated heterocycles. The van der Waals surface area contributed by atoms with Crippen LogP contribution in [0.4, 0.5) is 0 Å². The van der Waals surface area contributed by atoms with E-state index in [1.165, 1.54) is 36.4 Å². The molecule has 0 aliphatic rings. The van der Waals surface area contributed by atoms with E-state index in [1.807, 2.05) is 4.72 Å². The average molecular weight is 324 g/mol. The zero-order valence-electron chi connectivity index (χ0n) is 10.6. The first-order valence-electron chi connectivity index (χ1n) is 5.82. The molecule has 0 atom stereocenters. The second-order valence-electron chi connectivity index (χ2n) is 4.10. The second-order valence-corrected chi connectivity index (χ2v) is 6.12. The lowest BCUT2D eigenvalue weighted by Crippen LogP contribution is -2.30. The second kappa shape index (κ2) is 6.07. The van der Waals surface area contributed by atoms with Crippen LogP contribution in [0.25, 0.3) is 0 Å². The van der Waals surface area contributed by atoms with Crippen LogP contribution >= 0.6 is 11.6 Å². The predicted molar refractivity (Wildman–Crippen MR) is 77.7 cm³/mol. The van der Waals surface area contributed by atoms with Gasteiger partial charge in [0.1, 0.15) is 0 Å². The van der Waals surface area contributed by atoms with Crippen molar-refractivity contribution in [1.82, 2.24) is 4.72 Å². The Bertz CT molecular complexity index is 770. The first-order valence-corrected chi connectivity index (χ1v) is 7.68. The molecule has 1 amide bonds. The van der Waals surface area contributed by atoms with E-state index < -0.39 is 21.2 Å². The molecule has 0 spiro atoms. The van der Waals surface area contributed by atoms with Crippen molar-refractivity contribution in [3.63, 3.8) is 0 Å². The number of carbonyl (C=O) groups is 2. The summed E-state index contributed by atoms with van der Waals surface area (Å²) in [6.07, 6.45) is 0. The highest BCUT2D eigenvalue weighted by Gasteiger charge is 2.18. The van der Waals surface area contributed by atoms with Crippen molar-refractivity contribution in [3.05, 3.63) is 65.7 Å². The van der Waals surface area contributed by atoms with Crippen LogP contribution in [0.1, 0.15) is 20.7 Å². The maximum atomic E-state index is 12.0. The van der Waals surface area contributed by atoms with Gasteiger partial charge in [-0.3, -0.25) is 9.59 Å². The smallest absolute Gasteiger partial charge is 0.264 e. The van der Waals surface area contributed by atoms with Gasteiger partial charge in [-0.25, -0.2) is 13.1 Å². The van der Waals surface area contributed by atoms with E-state index in [0.29, 0.717) is 0 Å². The minimum atomic E-state index is -4.00. The number of hydrogen-bond acceptors (Lipinski definition) is 4. The van der Waals surface area contributed by atoms with Crippen LogP contribution < -0.4 is 4.72 Å². The number of carbonyl (C=O) groups excluding carboxylic acids is 2. The minimum absolute atomic E-state index is 0.131. The Morgan fingerprint density at radius 2 is 1.43 bits per heavy atom. The van der Waals surface area contributed by atoms with Crippen molar-refractivity contribution in [2.24, 2.45) is 0 Å². The van der Waals surface area contributed by atoms with Crippen molar-refractivity contribution in [2.75, 3.05) is 0 Å². The molecule has 0 fully saturated rings. The molecule has 0 aliphatic heterocycles. The molecule has 0 unspecified atom stereocenters. The third-order valence-corrected chi connectivity index (χ3v) is 4.22. The molecule has 108 valence electrons. The molecule has 0 saturated carbocycles. The first kappa shape index (κ1) is 15.2. The summed E-state index contributed by atoms with van der Waals surface area (Å²) in [7, 11) is -4.00. The summed E-state index contributed by atoms with van der Waals surface area (Å²) < 4.78 is 26.0. The summed E-state index contributed by atoms with van der Waals surface area (Å²) >= 11 is 5.28. The Hall–Kier alpha value is -2.18. The molecule has 21 heavy (non-hydrogen) atoms. The van der Waals surface area contributed by atoms with Gasteiger partial charge in [0.05, 0.1) is 4.90 Å². The Morgan fingerprint density at radius 3 is 1.95 bits per heavy atom. The highest BCUT2D eigenvalue weighted by atomic mass is 35.5. The maximum absolute atomic E-state index is 12.0. The molecular weight excluding hydrogens is 314 g/mol. The fourth-order valence-corrected chi connectivity index (χ4v) is 2.69. The van der Waals surface area contributed by atoms with Gasteiger partial charge < -0.3 is 0 Å². The number of halogens is 1. The van der Waals surface area contributed by atoms with Gasteiger partial charge in [-0.15, -0.1) is 0 Å². The summed E-state index contributed by atoms with van der Waals surface area (Å²) in [5, 5.41) is -0.688.